The Morgan fingerprint density at radius 3 is 2.52 bits per heavy atom. The average molecular weight is 488 g/mol. The van der Waals surface area contributed by atoms with E-state index in [9.17, 15) is 4.79 Å². The summed E-state index contributed by atoms with van der Waals surface area (Å²) in [5.74, 6) is 1.19. The molecule has 3 aromatic rings. The van der Waals surface area contributed by atoms with Gasteiger partial charge in [-0.1, -0.05) is 35.8 Å². The van der Waals surface area contributed by atoms with E-state index in [1.165, 1.54) is 20.3 Å². The molecule has 0 radical (unpaired) electrons. The zero-order valence-corrected chi connectivity index (χ0v) is 19.6. The zero-order chi connectivity index (χ0) is 23.5. The Kier molecular flexibility index (Phi) is 6.88. The number of halogens is 2. The van der Waals surface area contributed by atoms with E-state index in [4.69, 9.17) is 32.7 Å². The average Bonchev–Trinajstić information content (AvgIpc) is 3.25. The lowest BCUT2D eigenvalue weighted by Gasteiger charge is -2.20. The minimum absolute atomic E-state index is 0.0486. The van der Waals surface area contributed by atoms with Crippen molar-refractivity contribution < 1.29 is 14.3 Å². The van der Waals surface area contributed by atoms with Crippen molar-refractivity contribution in [2.45, 2.75) is 12.1 Å². The topological polar surface area (TPSA) is 97.4 Å². The summed E-state index contributed by atoms with van der Waals surface area (Å²) in [6.45, 7) is 4.83. The van der Waals surface area contributed by atoms with E-state index in [2.05, 4.69) is 32.5 Å². The summed E-state index contributed by atoms with van der Waals surface area (Å²) in [5, 5.41) is 11.1. The van der Waals surface area contributed by atoms with Gasteiger partial charge >= 0.3 is 0 Å². The molecule has 1 aliphatic heterocycles. The van der Waals surface area contributed by atoms with Crippen molar-refractivity contribution in [3.63, 3.8) is 0 Å². The lowest BCUT2D eigenvalue weighted by molar-refractivity contribution is -0.117. The molecule has 3 N–H and O–H groups in total. The van der Waals surface area contributed by atoms with Crippen molar-refractivity contribution in [3.05, 3.63) is 53.2 Å². The number of anilines is 1. The zero-order valence-electron chi connectivity index (χ0n) is 18.1. The molecular weight excluding hydrogens is 465 g/mol. The van der Waals surface area contributed by atoms with Crippen LogP contribution in [0.3, 0.4) is 0 Å². The summed E-state index contributed by atoms with van der Waals surface area (Å²) in [5.41, 5.74) is 2.14. The number of ether oxygens (including phenoxy) is 2. The first kappa shape index (κ1) is 23.1. The first-order chi connectivity index (χ1) is 15.9. The minimum Gasteiger partial charge on any atom is -0.495 e. The van der Waals surface area contributed by atoms with Crippen LogP contribution in [0.2, 0.25) is 10.0 Å². The van der Waals surface area contributed by atoms with Crippen LogP contribution in [0.4, 0.5) is 5.95 Å². The van der Waals surface area contributed by atoms with Gasteiger partial charge in [0.05, 0.1) is 41.9 Å². The lowest BCUT2D eigenvalue weighted by Crippen LogP contribution is -2.45. The second kappa shape index (κ2) is 9.82. The Morgan fingerprint density at radius 1 is 1.15 bits per heavy atom. The van der Waals surface area contributed by atoms with Crippen LogP contribution in [-0.4, -0.2) is 55.3 Å². The highest BCUT2D eigenvalue weighted by Gasteiger charge is 2.28. The SMILES string of the molecule is C=CC(=O)N[C@H]1CNC[C@@H]1Nc1ncc2cc(-c3c(Cl)c(OC)cc(OC)c3Cl)ccc2n1. The summed E-state index contributed by atoms with van der Waals surface area (Å²) in [6, 6.07) is 7.18. The predicted octanol–water partition coefficient (Wildman–Crippen LogP) is 3.68. The van der Waals surface area contributed by atoms with Crippen LogP contribution in [0.5, 0.6) is 11.5 Å². The fraction of sp³-hybridized carbons (Fsp3) is 0.261. The fourth-order valence-corrected chi connectivity index (χ4v) is 4.51. The number of carbonyl (C=O) groups is 1. The molecular formula is C23H23Cl2N5O3. The maximum Gasteiger partial charge on any atom is 0.243 e. The highest BCUT2D eigenvalue weighted by molar-refractivity contribution is 6.41. The Hall–Kier alpha value is -3.07. The molecule has 1 aliphatic rings. The summed E-state index contributed by atoms with van der Waals surface area (Å²) in [7, 11) is 3.07. The molecule has 2 heterocycles. The molecule has 1 fully saturated rings. The van der Waals surface area contributed by atoms with Crippen molar-refractivity contribution in [2.75, 3.05) is 32.6 Å². The molecule has 2 atom stereocenters. The number of fused-ring (bicyclic) bond motifs is 1. The molecule has 0 aliphatic carbocycles. The third kappa shape index (κ3) is 4.68. The van der Waals surface area contributed by atoms with Crippen LogP contribution in [0.15, 0.2) is 43.1 Å². The number of carbonyl (C=O) groups excluding carboxylic acids is 1. The van der Waals surface area contributed by atoms with Gasteiger partial charge in [0, 0.05) is 36.3 Å². The van der Waals surface area contributed by atoms with E-state index in [1.807, 2.05) is 18.2 Å². The van der Waals surface area contributed by atoms with Gasteiger partial charge in [0.1, 0.15) is 11.5 Å². The molecule has 0 saturated carbocycles. The van der Waals surface area contributed by atoms with Crippen LogP contribution >= 0.6 is 23.2 Å². The Bertz CT molecular complexity index is 1190. The van der Waals surface area contributed by atoms with Crippen molar-refractivity contribution in [1.82, 2.24) is 20.6 Å². The Balaban J connectivity index is 1.63. The quantitative estimate of drug-likeness (QED) is 0.437. The van der Waals surface area contributed by atoms with Gasteiger partial charge in [-0.05, 0) is 23.8 Å². The molecule has 10 heteroatoms. The van der Waals surface area contributed by atoms with Gasteiger partial charge in [-0.25, -0.2) is 9.97 Å². The molecule has 8 nitrogen and oxygen atoms in total. The summed E-state index contributed by atoms with van der Waals surface area (Å²) < 4.78 is 10.7. The van der Waals surface area contributed by atoms with Gasteiger partial charge < -0.3 is 25.4 Å². The van der Waals surface area contributed by atoms with Gasteiger partial charge in [-0.2, -0.15) is 0 Å². The maximum atomic E-state index is 11.7. The molecule has 0 spiro atoms. The highest BCUT2D eigenvalue weighted by Crippen LogP contribution is 2.46. The van der Waals surface area contributed by atoms with E-state index in [0.717, 1.165) is 16.5 Å². The van der Waals surface area contributed by atoms with Crippen molar-refractivity contribution in [1.29, 1.82) is 0 Å². The predicted molar refractivity (Wildman–Crippen MR) is 131 cm³/mol. The van der Waals surface area contributed by atoms with Gasteiger partial charge in [0.25, 0.3) is 0 Å². The molecule has 2 aromatic carbocycles. The number of nitrogens with one attached hydrogen (secondary N) is 3. The van der Waals surface area contributed by atoms with Crippen LogP contribution in [0, 0.1) is 0 Å². The van der Waals surface area contributed by atoms with E-state index < -0.39 is 0 Å². The Labute approximate surface area is 201 Å². The molecule has 1 saturated heterocycles. The summed E-state index contributed by atoms with van der Waals surface area (Å²) in [4.78, 5) is 20.7. The number of rotatable bonds is 7. The van der Waals surface area contributed by atoms with Crippen LogP contribution in [0.1, 0.15) is 0 Å². The molecule has 172 valence electrons. The number of benzene rings is 2. The highest BCUT2D eigenvalue weighted by atomic mass is 35.5. The first-order valence-electron chi connectivity index (χ1n) is 10.2. The van der Waals surface area contributed by atoms with E-state index in [-0.39, 0.29) is 18.0 Å². The van der Waals surface area contributed by atoms with E-state index in [0.29, 0.717) is 46.1 Å². The summed E-state index contributed by atoms with van der Waals surface area (Å²) >= 11 is 13.1. The van der Waals surface area contributed by atoms with Crippen LogP contribution < -0.4 is 25.4 Å². The third-order valence-electron chi connectivity index (χ3n) is 5.48. The lowest BCUT2D eigenvalue weighted by atomic mass is 10.0. The number of nitrogens with zero attached hydrogens (tertiary/aromatic N) is 2. The van der Waals surface area contributed by atoms with Crippen molar-refractivity contribution in [2.24, 2.45) is 0 Å². The molecule has 0 unspecified atom stereocenters. The second-order valence-corrected chi connectivity index (χ2v) is 8.24. The number of hydrogen-bond donors (Lipinski definition) is 3. The van der Waals surface area contributed by atoms with Crippen molar-refractivity contribution >= 4 is 46.0 Å². The molecule has 0 bridgehead atoms. The number of methoxy groups -OCH3 is 2. The third-order valence-corrected chi connectivity index (χ3v) is 6.23. The number of aromatic nitrogens is 2. The fourth-order valence-electron chi connectivity index (χ4n) is 3.79. The van der Waals surface area contributed by atoms with Crippen molar-refractivity contribution in [3.8, 4) is 22.6 Å². The van der Waals surface area contributed by atoms with Gasteiger partial charge in [0.2, 0.25) is 11.9 Å². The maximum absolute atomic E-state index is 11.7. The summed E-state index contributed by atoms with van der Waals surface area (Å²) in [6.07, 6.45) is 2.99. The number of hydrogen-bond acceptors (Lipinski definition) is 7. The smallest absolute Gasteiger partial charge is 0.243 e. The molecule has 1 aromatic heterocycles. The molecule has 4 rings (SSSR count). The Morgan fingerprint density at radius 2 is 1.85 bits per heavy atom. The number of amides is 1. The van der Waals surface area contributed by atoms with Crippen LogP contribution in [0.25, 0.3) is 22.0 Å². The molecule has 1 amide bonds. The van der Waals surface area contributed by atoms with Crippen LogP contribution in [-0.2, 0) is 4.79 Å². The molecule has 33 heavy (non-hydrogen) atoms. The minimum atomic E-state index is -0.214. The van der Waals surface area contributed by atoms with Gasteiger partial charge in [-0.3, -0.25) is 4.79 Å². The van der Waals surface area contributed by atoms with E-state index >= 15 is 0 Å². The second-order valence-electron chi connectivity index (χ2n) is 7.48. The normalized spacial score (nSPS) is 17.6. The van der Waals surface area contributed by atoms with Gasteiger partial charge in [0.15, 0.2) is 0 Å². The van der Waals surface area contributed by atoms with Gasteiger partial charge in [-0.15, -0.1) is 0 Å². The standard InChI is InChI=1S/C23H23Cl2N5O3/c1-4-19(31)28-15-10-26-11-16(15)30-23-27-9-13-7-12(5-6-14(13)29-23)20-21(24)17(32-2)8-18(33-3)22(20)25/h4-9,15-16,26H,1,10-11H2,2-3H3,(H,28,31)(H,27,29,30)/t15-,16-/m0/s1. The largest absolute Gasteiger partial charge is 0.495 e. The first-order valence-corrected chi connectivity index (χ1v) is 11.0. The monoisotopic (exact) mass is 487 g/mol. The van der Waals surface area contributed by atoms with E-state index in [1.54, 1.807) is 12.3 Å².